The third-order valence-corrected chi connectivity index (χ3v) is 5.53. The van der Waals surface area contributed by atoms with Crippen molar-refractivity contribution in [2.75, 3.05) is 5.01 Å². The number of hydrogen-bond acceptors (Lipinski definition) is 2. The minimum absolute atomic E-state index is 0.324. The number of benzene rings is 3. The highest BCUT2D eigenvalue weighted by Crippen LogP contribution is 2.42. The predicted octanol–water partition coefficient (Wildman–Crippen LogP) is 4.37. The lowest BCUT2D eigenvalue weighted by molar-refractivity contribution is -0.657. The monoisotopic (exact) mass is 367 g/mol. The Kier molecular flexibility index (Phi) is 4.37. The van der Waals surface area contributed by atoms with E-state index in [9.17, 15) is 0 Å². The Hall–Kier alpha value is -3.40. The topological polar surface area (TPSA) is 24.9 Å². The van der Waals surface area contributed by atoms with E-state index in [1.54, 1.807) is 0 Å². The standard InChI is InChI=1S/C24H23N4/c1-4-10-20(11-5-1)23-16-17-24(21-12-6-2-7-13-21)28(23)26-18-25-27(19-26)22-14-8-3-9-15-22/h1-15,18-19,23-24H,16-17H2/q+1/t23-,24-/m0/s1. The molecule has 0 radical (unpaired) electrons. The van der Waals surface area contributed by atoms with Gasteiger partial charge in [-0.15, -0.1) is 4.68 Å². The summed E-state index contributed by atoms with van der Waals surface area (Å²) < 4.78 is 4.10. The molecule has 0 unspecified atom stereocenters. The smallest absolute Gasteiger partial charge is 0.227 e. The van der Waals surface area contributed by atoms with E-state index in [0.29, 0.717) is 12.1 Å². The van der Waals surface area contributed by atoms with Gasteiger partial charge < -0.3 is 0 Å². The largest absolute Gasteiger partial charge is 0.295 e. The van der Waals surface area contributed by atoms with Crippen LogP contribution in [0.5, 0.6) is 0 Å². The van der Waals surface area contributed by atoms with Gasteiger partial charge in [0.25, 0.3) is 6.33 Å². The fourth-order valence-corrected chi connectivity index (χ4v) is 4.22. The zero-order valence-corrected chi connectivity index (χ0v) is 15.7. The van der Waals surface area contributed by atoms with Crippen molar-refractivity contribution >= 4 is 0 Å². The molecule has 138 valence electrons. The first-order valence-corrected chi connectivity index (χ1v) is 9.80. The molecular weight excluding hydrogens is 344 g/mol. The molecule has 0 amide bonds. The van der Waals surface area contributed by atoms with Crippen molar-refractivity contribution in [3.05, 3.63) is 115 Å². The summed E-state index contributed by atoms with van der Waals surface area (Å²) in [5.74, 6) is 0. The minimum Gasteiger partial charge on any atom is -0.227 e. The Morgan fingerprint density at radius 1 is 0.679 bits per heavy atom. The summed E-state index contributed by atoms with van der Waals surface area (Å²) in [5, 5.41) is 7.09. The van der Waals surface area contributed by atoms with Gasteiger partial charge in [0, 0.05) is 0 Å². The molecule has 1 saturated heterocycles. The average Bonchev–Trinajstić information content (AvgIpc) is 3.43. The Morgan fingerprint density at radius 2 is 1.18 bits per heavy atom. The molecule has 0 saturated carbocycles. The third kappa shape index (κ3) is 3.07. The summed E-state index contributed by atoms with van der Waals surface area (Å²) in [6.07, 6.45) is 6.23. The number of rotatable bonds is 4. The van der Waals surface area contributed by atoms with Crippen molar-refractivity contribution in [3.63, 3.8) is 0 Å². The fraction of sp³-hybridized carbons (Fsp3) is 0.167. The molecule has 3 aromatic carbocycles. The molecular formula is C24H23N4+. The SMILES string of the molecule is c1ccc([C@@H]2CC[C@@H](c3ccccc3)N2n2cn[n+](-c3ccccc3)c2)cc1. The van der Waals surface area contributed by atoms with Gasteiger partial charge in [-0.05, 0) is 41.2 Å². The zero-order valence-electron chi connectivity index (χ0n) is 15.7. The van der Waals surface area contributed by atoms with Crippen molar-refractivity contribution in [2.45, 2.75) is 24.9 Å². The average molecular weight is 367 g/mol. The first-order chi connectivity index (χ1) is 13.9. The zero-order chi connectivity index (χ0) is 18.8. The first-order valence-electron chi connectivity index (χ1n) is 9.80. The molecule has 0 bridgehead atoms. The first kappa shape index (κ1) is 16.8. The molecule has 1 aliphatic heterocycles. The second kappa shape index (κ2) is 7.31. The van der Waals surface area contributed by atoms with Crippen molar-refractivity contribution in [3.8, 4) is 5.69 Å². The number of hydrogen-bond donors (Lipinski definition) is 0. The predicted molar refractivity (Wildman–Crippen MR) is 110 cm³/mol. The molecule has 0 N–H and O–H groups in total. The summed E-state index contributed by atoms with van der Waals surface area (Å²) >= 11 is 0. The lowest BCUT2D eigenvalue weighted by Gasteiger charge is -2.28. The van der Waals surface area contributed by atoms with Crippen LogP contribution in [0, 0.1) is 0 Å². The van der Waals surface area contributed by atoms with Crippen LogP contribution in [0.2, 0.25) is 0 Å². The van der Waals surface area contributed by atoms with Crippen LogP contribution < -0.4 is 9.69 Å². The van der Waals surface area contributed by atoms with E-state index in [4.69, 9.17) is 0 Å². The molecule has 0 aliphatic carbocycles. The second-order valence-electron chi connectivity index (χ2n) is 7.22. The van der Waals surface area contributed by atoms with Crippen molar-refractivity contribution in [1.29, 1.82) is 0 Å². The third-order valence-electron chi connectivity index (χ3n) is 5.53. The highest BCUT2D eigenvalue weighted by molar-refractivity contribution is 5.31. The van der Waals surface area contributed by atoms with Crippen LogP contribution >= 0.6 is 0 Å². The molecule has 1 fully saturated rings. The van der Waals surface area contributed by atoms with Crippen LogP contribution in [0.1, 0.15) is 36.1 Å². The maximum atomic E-state index is 4.63. The molecule has 1 aromatic heterocycles. The van der Waals surface area contributed by atoms with Gasteiger partial charge in [0.2, 0.25) is 6.33 Å². The quantitative estimate of drug-likeness (QED) is 0.500. The Balaban J connectivity index is 1.56. The van der Waals surface area contributed by atoms with E-state index in [1.807, 2.05) is 29.2 Å². The second-order valence-corrected chi connectivity index (χ2v) is 7.22. The van der Waals surface area contributed by atoms with Crippen molar-refractivity contribution in [1.82, 2.24) is 9.77 Å². The van der Waals surface area contributed by atoms with E-state index in [0.717, 1.165) is 18.5 Å². The molecule has 1 aliphatic rings. The van der Waals surface area contributed by atoms with E-state index >= 15 is 0 Å². The van der Waals surface area contributed by atoms with Gasteiger partial charge in [-0.25, -0.2) is 5.01 Å². The van der Waals surface area contributed by atoms with Gasteiger partial charge in [0.1, 0.15) is 0 Å². The van der Waals surface area contributed by atoms with E-state index in [1.165, 1.54) is 11.1 Å². The Labute approximate surface area is 165 Å². The lowest BCUT2D eigenvalue weighted by atomic mass is 10.0. The highest BCUT2D eigenvalue weighted by Gasteiger charge is 2.39. The molecule has 5 rings (SSSR count). The number of para-hydroxylation sites is 1. The highest BCUT2D eigenvalue weighted by atomic mass is 15.6. The van der Waals surface area contributed by atoms with Crippen LogP contribution in [0.25, 0.3) is 5.69 Å². The van der Waals surface area contributed by atoms with Gasteiger partial charge in [-0.1, -0.05) is 83.5 Å². The molecule has 28 heavy (non-hydrogen) atoms. The number of nitrogens with zero attached hydrogens (tertiary/aromatic N) is 4. The summed E-state index contributed by atoms with van der Waals surface area (Å²) in [4.78, 5) is 0. The molecule has 0 spiro atoms. The van der Waals surface area contributed by atoms with Gasteiger partial charge >= 0.3 is 0 Å². The molecule has 2 atom stereocenters. The summed E-state index contributed by atoms with van der Waals surface area (Å²) in [6, 6.07) is 32.5. The van der Waals surface area contributed by atoms with E-state index in [2.05, 4.69) is 93.9 Å². The Bertz CT molecular complexity index is 980. The lowest BCUT2D eigenvalue weighted by Crippen LogP contribution is -2.38. The molecule has 4 aromatic rings. The van der Waals surface area contributed by atoms with Gasteiger partial charge in [0.05, 0.1) is 12.1 Å². The molecule has 2 heterocycles. The van der Waals surface area contributed by atoms with Crippen LogP contribution in [0.15, 0.2) is 104 Å². The Morgan fingerprint density at radius 3 is 1.71 bits per heavy atom. The van der Waals surface area contributed by atoms with Crippen LogP contribution in [-0.4, -0.2) is 9.77 Å². The summed E-state index contributed by atoms with van der Waals surface area (Å²) in [7, 11) is 0. The number of aromatic nitrogens is 3. The maximum absolute atomic E-state index is 4.63. The minimum atomic E-state index is 0.324. The van der Waals surface area contributed by atoms with Crippen molar-refractivity contribution < 1.29 is 4.68 Å². The summed E-state index contributed by atoms with van der Waals surface area (Å²) in [5.41, 5.74) is 3.76. The van der Waals surface area contributed by atoms with Crippen LogP contribution in [0.4, 0.5) is 0 Å². The van der Waals surface area contributed by atoms with Gasteiger partial charge in [-0.3, -0.25) is 0 Å². The van der Waals surface area contributed by atoms with Crippen molar-refractivity contribution in [2.24, 2.45) is 0 Å². The summed E-state index contributed by atoms with van der Waals surface area (Å²) in [6.45, 7) is 0. The normalized spacial score (nSPS) is 19.1. The van der Waals surface area contributed by atoms with Crippen LogP contribution in [-0.2, 0) is 0 Å². The van der Waals surface area contributed by atoms with E-state index < -0.39 is 0 Å². The molecule has 4 nitrogen and oxygen atoms in total. The molecule has 4 heteroatoms. The van der Waals surface area contributed by atoms with Gasteiger partial charge in [0.15, 0.2) is 5.69 Å². The maximum Gasteiger partial charge on any atom is 0.295 e. The van der Waals surface area contributed by atoms with E-state index in [-0.39, 0.29) is 0 Å². The fourth-order valence-electron chi connectivity index (χ4n) is 4.22. The van der Waals surface area contributed by atoms with Gasteiger partial charge in [-0.2, -0.15) is 0 Å². The van der Waals surface area contributed by atoms with Crippen LogP contribution in [0.3, 0.4) is 0 Å².